The van der Waals surface area contributed by atoms with Gasteiger partial charge in [-0.25, -0.2) is 30.2 Å². The normalized spacial score (nSPS) is 16.6. The zero-order chi connectivity index (χ0) is 47.6. The second-order valence-corrected chi connectivity index (χ2v) is 16.9. The molecule has 3 unspecified atom stereocenters. The third-order valence-corrected chi connectivity index (χ3v) is 11.8. The van der Waals surface area contributed by atoms with E-state index in [4.69, 9.17) is 20.8 Å². The standard InChI is InChI=1S/C18H28N4.C13H17N3O.C12H20.C8H16N3.C2H6.U/c1-3-8-15(2)17-16-9-7-10-19-18(16)22(20-17)14-13-21-11-5-4-6-12-21;1-9(2)12-11-4-3-6-14-13(11)16(15-12)10-5-7-17-8-10;1-6-9-11(5)12(8-3)10(4)7-2;1-5-7(3)11(9)8(4)10-6-2;1-2;/h7,9-10,15H,3-6,8,11-14H2,1-2H3;3-4,6,9-10H,5,7-8H2,1-2H3;6,8-10H,5,7H2,1-4H3;6-7H,1,4-5,9H2,2-3H3;1-2H3;/q;;;-1;;/b;;9-6-,12-8-;10-6-;;/t;10-;;;;/m.1..../s1. The van der Waals surface area contributed by atoms with Crippen LogP contribution in [0.2, 0.25) is 0 Å². The summed E-state index contributed by atoms with van der Waals surface area (Å²) in [6.45, 7) is 42.8. The zero-order valence-electron chi connectivity index (χ0n) is 42.7. The topological polar surface area (TPSA) is 116 Å². The number of piperidine rings is 1. The SMILES string of the molecule is C=C(/C=C\C)/C(=C\C)C(C)CC.C=C(/N=C\C)N(N)C(C)C[CH2-].CC.CC(C)c1nn([C@@H]2CCOC2)c2ncccc12.CCCC(C)c1nn(CCN2CCCCC2)c2ncccc12.[U]. The minimum atomic E-state index is 0. The Balaban J connectivity index is 0.000000443. The molecular formula is C53H87N10OU-. The van der Waals surface area contributed by atoms with Crippen molar-refractivity contribution in [3.05, 3.63) is 103 Å². The van der Waals surface area contributed by atoms with Gasteiger partial charge >= 0.3 is 0 Å². The number of pyridine rings is 2. The van der Waals surface area contributed by atoms with Gasteiger partial charge in [0.05, 0.1) is 30.6 Å². The first-order valence-electron chi connectivity index (χ1n) is 24.3. The van der Waals surface area contributed by atoms with Crippen LogP contribution >= 0.6 is 0 Å². The fraction of sp³-hybridized carbons (Fsp3) is 0.585. The molecule has 2 N–H and O–H groups in total. The molecule has 65 heavy (non-hydrogen) atoms. The minimum Gasteiger partial charge on any atom is -0.379 e. The van der Waals surface area contributed by atoms with Crippen molar-refractivity contribution in [2.75, 3.05) is 32.8 Å². The Bertz CT molecular complexity index is 2020. The van der Waals surface area contributed by atoms with E-state index in [0.717, 1.165) is 61.7 Å². The van der Waals surface area contributed by atoms with Gasteiger partial charge in [-0.15, -0.1) is 0 Å². The van der Waals surface area contributed by atoms with Crippen LogP contribution in [0.1, 0.15) is 164 Å². The van der Waals surface area contributed by atoms with Crippen molar-refractivity contribution < 1.29 is 35.9 Å². The van der Waals surface area contributed by atoms with Gasteiger partial charge in [-0.1, -0.05) is 99.6 Å². The van der Waals surface area contributed by atoms with Crippen molar-refractivity contribution in [3.8, 4) is 0 Å². The van der Waals surface area contributed by atoms with Gasteiger partial charge in [0.1, 0.15) is 5.82 Å². The average Bonchev–Trinajstić information content (AvgIpc) is 4.08. The molecule has 360 valence electrons. The second kappa shape index (κ2) is 33.1. The van der Waals surface area contributed by atoms with Crippen LogP contribution in [0, 0.1) is 44.0 Å². The van der Waals surface area contributed by atoms with E-state index in [1.807, 2.05) is 65.2 Å². The quantitative estimate of drug-likeness (QED) is 0.0388. The van der Waals surface area contributed by atoms with Gasteiger partial charge in [0.25, 0.3) is 0 Å². The fourth-order valence-electron chi connectivity index (χ4n) is 7.85. The van der Waals surface area contributed by atoms with E-state index >= 15 is 0 Å². The van der Waals surface area contributed by atoms with Gasteiger partial charge in [0, 0.05) is 85.6 Å². The number of nitrogens with two attached hydrogens (primary N) is 1. The van der Waals surface area contributed by atoms with Gasteiger partial charge in [0.15, 0.2) is 11.3 Å². The molecule has 6 heterocycles. The molecule has 12 heteroatoms. The fourth-order valence-corrected chi connectivity index (χ4v) is 7.85. The molecule has 0 saturated carbocycles. The van der Waals surface area contributed by atoms with Crippen molar-refractivity contribution in [1.29, 1.82) is 0 Å². The molecule has 2 fully saturated rings. The van der Waals surface area contributed by atoms with Crippen molar-refractivity contribution >= 4 is 28.3 Å². The van der Waals surface area contributed by atoms with Crippen LogP contribution in [0.15, 0.2) is 90.0 Å². The Labute approximate surface area is 418 Å². The first-order valence-corrected chi connectivity index (χ1v) is 24.3. The number of hydrogen-bond acceptors (Lipinski definition) is 9. The molecule has 0 radical (unpaired) electrons. The molecule has 2 aliphatic heterocycles. The van der Waals surface area contributed by atoms with Gasteiger partial charge in [-0.05, 0) is 120 Å². The Hall–Kier alpha value is -3.40. The molecule has 4 atom stereocenters. The zero-order valence-corrected chi connectivity index (χ0v) is 46.9. The summed E-state index contributed by atoms with van der Waals surface area (Å²) in [6.07, 6.45) is 21.1. The van der Waals surface area contributed by atoms with Crippen molar-refractivity contribution in [2.24, 2.45) is 16.8 Å². The molecule has 0 bridgehead atoms. The summed E-state index contributed by atoms with van der Waals surface area (Å²) in [6, 6.07) is 8.82. The van der Waals surface area contributed by atoms with Crippen molar-refractivity contribution in [2.45, 2.75) is 165 Å². The number of rotatable bonds is 16. The molecule has 0 aromatic carbocycles. The smallest absolute Gasteiger partial charge is 0.158 e. The molecule has 6 rings (SSSR count). The van der Waals surface area contributed by atoms with Crippen molar-refractivity contribution in [1.82, 2.24) is 39.4 Å². The Kier molecular flexibility index (Phi) is 30.4. The van der Waals surface area contributed by atoms with Gasteiger partial charge in [-0.2, -0.15) is 16.6 Å². The van der Waals surface area contributed by atoms with Gasteiger partial charge in [-0.3, -0.25) is 5.01 Å². The number of likely N-dealkylation sites (tertiary alicyclic amines) is 1. The Morgan fingerprint density at radius 1 is 0.938 bits per heavy atom. The molecule has 4 aromatic heterocycles. The molecule has 4 aromatic rings. The van der Waals surface area contributed by atoms with Crippen LogP contribution in [0.4, 0.5) is 0 Å². The van der Waals surface area contributed by atoms with E-state index in [0.29, 0.717) is 29.6 Å². The Morgan fingerprint density at radius 2 is 1.57 bits per heavy atom. The van der Waals surface area contributed by atoms with E-state index in [9.17, 15) is 0 Å². The maximum Gasteiger partial charge on any atom is 0.158 e. The van der Waals surface area contributed by atoms with Gasteiger partial charge < -0.3 is 16.6 Å². The maximum atomic E-state index is 5.64. The summed E-state index contributed by atoms with van der Waals surface area (Å²) in [5, 5.41) is 13.6. The number of fused-ring (bicyclic) bond motifs is 2. The summed E-state index contributed by atoms with van der Waals surface area (Å²) >= 11 is 0. The average molecular weight is 1120 g/mol. The summed E-state index contributed by atoms with van der Waals surface area (Å²) in [4.78, 5) is 15.6. The third kappa shape index (κ3) is 18.7. The monoisotopic (exact) mass is 1120 g/mol. The van der Waals surface area contributed by atoms with Crippen LogP contribution in [0.25, 0.3) is 22.1 Å². The van der Waals surface area contributed by atoms with E-state index in [1.165, 1.54) is 78.7 Å². The number of hydrogen-bond donors (Lipinski definition) is 1. The van der Waals surface area contributed by atoms with Crippen molar-refractivity contribution in [3.63, 3.8) is 0 Å². The molecule has 0 amide bonds. The first-order chi connectivity index (χ1) is 30.9. The predicted molar refractivity (Wildman–Crippen MR) is 275 cm³/mol. The summed E-state index contributed by atoms with van der Waals surface area (Å²) in [7, 11) is 0. The first kappa shape index (κ1) is 59.6. The molecule has 2 aliphatic rings. The van der Waals surface area contributed by atoms with Gasteiger partial charge in [0.2, 0.25) is 0 Å². The van der Waals surface area contributed by atoms with Crippen LogP contribution < -0.4 is 5.84 Å². The molecule has 0 aliphatic carbocycles. The summed E-state index contributed by atoms with van der Waals surface area (Å²) in [5.74, 6) is 7.76. The molecule has 0 spiro atoms. The third-order valence-electron chi connectivity index (χ3n) is 11.8. The second-order valence-electron chi connectivity index (χ2n) is 16.9. The van der Waals surface area contributed by atoms with E-state index in [-0.39, 0.29) is 37.2 Å². The molecule has 2 saturated heterocycles. The van der Waals surface area contributed by atoms with Crippen LogP contribution in [0.3, 0.4) is 0 Å². The van der Waals surface area contributed by atoms with Crippen LogP contribution in [0.5, 0.6) is 0 Å². The largest absolute Gasteiger partial charge is 0.379 e. The van der Waals surface area contributed by atoms with E-state index in [2.05, 4.69) is 122 Å². The predicted octanol–water partition coefficient (Wildman–Crippen LogP) is 12.8. The number of ether oxygens (including phenoxy) is 1. The van der Waals surface area contributed by atoms with Crippen LogP contribution in [-0.4, -0.2) is 84.5 Å². The number of hydrazine groups is 1. The summed E-state index contributed by atoms with van der Waals surface area (Å²) < 4.78 is 9.63. The van der Waals surface area contributed by atoms with E-state index in [1.54, 1.807) is 6.21 Å². The number of allylic oxidation sites excluding steroid dienone is 5. The summed E-state index contributed by atoms with van der Waals surface area (Å²) in [5.41, 5.74) is 6.93. The number of nitrogens with zero attached hydrogens (tertiary/aromatic N) is 9. The molecule has 11 nitrogen and oxygen atoms in total. The minimum absolute atomic E-state index is 0. The van der Waals surface area contributed by atoms with E-state index < -0.39 is 0 Å². The van der Waals surface area contributed by atoms with Crippen LogP contribution in [-0.2, 0) is 11.3 Å². The number of aromatic nitrogens is 6. The maximum absolute atomic E-state index is 5.64. The molecular weight excluding hydrogens is 1030 g/mol. The number of aliphatic imine (C=N–C) groups is 1. The Morgan fingerprint density at radius 3 is 2.09 bits per heavy atom.